The van der Waals surface area contributed by atoms with Crippen LogP contribution in [0.4, 0.5) is 5.69 Å². The Hall–Kier alpha value is -3.27. The molecule has 0 spiro atoms. The lowest BCUT2D eigenvalue weighted by molar-refractivity contribution is 0.454. The molecule has 0 saturated heterocycles. The Morgan fingerprint density at radius 2 is 1.81 bits per heavy atom. The fourth-order valence-electron chi connectivity index (χ4n) is 4.24. The highest BCUT2D eigenvalue weighted by Crippen LogP contribution is 2.44. The van der Waals surface area contributed by atoms with Crippen LogP contribution < -0.4 is 5.32 Å². The first-order valence-corrected chi connectivity index (χ1v) is 9.18. The van der Waals surface area contributed by atoms with Crippen molar-refractivity contribution in [1.82, 2.24) is 9.78 Å². The summed E-state index contributed by atoms with van der Waals surface area (Å²) in [5.74, 6) is 0.276. The molecule has 2 N–H and O–H groups in total. The van der Waals surface area contributed by atoms with Crippen molar-refractivity contribution in [2.75, 3.05) is 5.32 Å². The summed E-state index contributed by atoms with van der Waals surface area (Å²) < 4.78 is 2.00. The van der Waals surface area contributed by atoms with Gasteiger partial charge in [0.25, 0.3) is 0 Å². The molecule has 0 aliphatic carbocycles. The molecule has 5 rings (SSSR count). The van der Waals surface area contributed by atoms with Crippen LogP contribution in [0.2, 0.25) is 0 Å². The van der Waals surface area contributed by atoms with E-state index in [1.54, 1.807) is 6.07 Å². The Morgan fingerprint density at radius 1 is 1.00 bits per heavy atom. The number of phenols is 1. The predicted molar refractivity (Wildman–Crippen MR) is 109 cm³/mol. The van der Waals surface area contributed by atoms with E-state index in [0.29, 0.717) is 0 Å². The van der Waals surface area contributed by atoms with E-state index in [-0.39, 0.29) is 11.9 Å². The lowest BCUT2D eigenvalue weighted by atomic mass is 9.96. The van der Waals surface area contributed by atoms with E-state index in [0.717, 1.165) is 39.0 Å². The van der Waals surface area contributed by atoms with Crippen molar-refractivity contribution in [1.29, 1.82) is 0 Å². The van der Waals surface area contributed by atoms with E-state index in [4.69, 9.17) is 5.10 Å². The fourth-order valence-corrected chi connectivity index (χ4v) is 4.24. The lowest BCUT2D eigenvalue weighted by Crippen LogP contribution is -2.26. The van der Waals surface area contributed by atoms with E-state index in [2.05, 4.69) is 49.5 Å². The number of aromatic nitrogens is 2. The van der Waals surface area contributed by atoms with Gasteiger partial charge in [-0.3, -0.25) is 0 Å². The van der Waals surface area contributed by atoms with Crippen LogP contribution in [0.1, 0.15) is 28.6 Å². The maximum Gasteiger partial charge on any atom is 0.151 e. The second-order valence-corrected chi connectivity index (χ2v) is 7.39. The van der Waals surface area contributed by atoms with Gasteiger partial charge in [-0.15, -0.1) is 0 Å². The van der Waals surface area contributed by atoms with Gasteiger partial charge in [-0.25, -0.2) is 4.68 Å². The van der Waals surface area contributed by atoms with Crippen LogP contribution in [0, 0.1) is 20.8 Å². The number of hydrogen-bond donors (Lipinski definition) is 2. The molecule has 0 saturated carbocycles. The molecular weight excluding hydrogens is 334 g/mol. The maximum atomic E-state index is 10.8. The minimum Gasteiger partial charge on any atom is -0.507 e. The molecule has 1 aliphatic rings. The van der Waals surface area contributed by atoms with E-state index >= 15 is 0 Å². The number of nitrogens with zero attached hydrogens (tertiary/aromatic N) is 2. The third-order valence-corrected chi connectivity index (χ3v) is 5.36. The van der Waals surface area contributed by atoms with Crippen LogP contribution in [-0.4, -0.2) is 14.9 Å². The number of phenolic OH excluding ortho intramolecular Hbond substituents is 1. The van der Waals surface area contributed by atoms with Crippen molar-refractivity contribution in [3.8, 4) is 17.0 Å². The first-order chi connectivity index (χ1) is 13.0. The minimum absolute atomic E-state index is 0.270. The first-order valence-electron chi connectivity index (χ1n) is 9.18. The lowest BCUT2D eigenvalue weighted by Gasteiger charge is -2.31. The van der Waals surface area contributed by atoms with E-state index in [1.807, 2.05) is 29.8 Å². The van der Waals surface area contributed by atoms with E-state index in [9.17, 15) is 5.11 Å². The average Bonchev–Trinajstić information content (AvgIpc) is 3.03. The predicted octanol–water partition coefficient (Wildman–Crippen LogP) is 5.31. The van der Waals surface area contributed by atoms with E-state index in [1.165, 1.54) is 11.1 Å². The number of hydrogen-bond acceptors (Lipinski definition) is 3. The molecule has 1 aromatic heterocycles. The third kappa shape index (κ3) is 2.33. The van der Waals surface area contributed by atoms with Crippen LogP contribution in [0.5, 0.6) is 5.75 Å². The number of anilines is 1. The molecule has 0 fully saturated rings. The zero-order chi connectivity index (χ0) is 18.7. The molecule has 4 nitrogen and oxygen atoms in total. The Labute approximate surface area is 158 Å². The van der Waals surface area contributed by atoms with Gasteiger partial charge in [-0.05, 0) is 55.3 Å². The zero-order valence-corrected chi connectivity index (χ0v) is 15.6. The van der Waals surface area contributed by atoms with Crippen LogP contribution >= 0.6 is 0 Å². The smallest absolute Gasteiger partial charge is 0.151 e. The molecule has 0 bridgehead atoms. The summed E-state index contributed by atoms with van der Waals surface area (Å²) in [7, 11) is 0. The van der Waals surface area contributed by atoms with E-state index < -0.39 is 0 Å². The Balaban J connectivity index is 1.82. The summed E-state index contributed by atoms with van der Waals surface area (Å²) in [4.78, 5) is 0. The van der Waals surface area contributed by atoms with Gasteiger partial charge < -0.3 is 10.4 Å². The van der Waals surface area contributed by atoms with Gasteiger partial charge in [0, 0.05) is 16.8 Å². The normalized spacial score (nSPS) is 15.3. The van der Waals surface area contributed by atoms with Crippen molar-refractivity contribution >= 4 is 16.5 Å². The zero-order valence-electron chi connectivity index (χ0n) is 15.6. The number of fused-ring (bicyclic) bond motifs is 4. The topological polar surface area (TPSA) is 50.1 Å². The largest absolute Gasteiger partial charge is 0.507 e. The van der Waals surface area contributed by atoms with Crippen molar-refractivity contribution in [3.63, 3.8) is 0 Å². The van der Waals surface area contributed by atoms with Gasteiger partial charge in [0.1, 0.15) is 5.75 Å². The van der Waals surface area contributed by atoms with Crippen molar-refractivity contribution in [3.05, 3.63) is 77.0 Å². The van der Waals surface area contributed by atoms with Gasteiger partial charge in [-0.1, -0.05) is 42.0 Å². The SMILES string of the molecule is Cc1cc(C)c2c(c1)-c1cc(C)nn1C(c1c(O)ccc3ccccc13)N2. The number of rotatable bonds is 1. The number of nitrogens with one attached hydrogen (secondary N) is 1. The summed E-state index contributed by atoms with van der Waals surface area (Å²) in [5.41, 5.74) is 7.57. The second-order valence-electron chi connectivity index (χ2n) is 7.39. The summed E-state index contributed by atoms with van der Waals surface area (Å²) in [6.45, 7) is 6.24. The standard InChI is InChI=1S/C23H21N3O/c1-13-10-14(2)22-18(11-13)19-12-15(3)25-26(19)23(24-22)21-17-7-5-4-6-16(17)8-9-20(21)27/h4-12,23-24,27H,1-3H3. The molecule has 3 aromatic carbocycles. The van der Waals surface area contributed by atoms with Crippen molar-refractivity contribution in [2.45, 2.75) is 26.9 Å². The molecule has 1 aliphatic heterocycles. The number of aryl methyl sites for hydroxylation is 3. The number of benzene rings is 3. The second kappa shape index (κ2) is 5.61. The van der Waals surface area contributed by atoms with Gasteiger partial charge >= 0.3 is 0 Å². The molecule has 27 heavy (non-hydrogen) atoms. The van der Waals surface area contributed by atoms with Crippen LogP contribution in [-0.2, 0) is 0 Å². The van der Waals surface area contributed by atoms with Gasteiger partial charge in [0.15, 0.2) is 6.17 Å². The van der Waals surface area contributed by atoms with Gasteiger partial charge in [0.05, 0.1) is 11.4 Å². The summed E-state index contributed by atoms with van der Waals surface area (Å²) in [5, 5.41) is 21.3. The van der Waals surface area contributed by atoms with Crippen molar-refractivity contribution in [2.24, 2.45) is 0 Å². The summed E-state index contributed by atoms with van der Waals surface area (Å²) >= 11 is 0. The van der Waals surface area contributed by atoms with Crippen LogP contribution in [0.15, 0.2) is 54.6 Å². The molecule has 4 aromatic rings. The maximum absolute atomic E-state index is 10.8. The summed E-state index contributed by atoms with van der Waals surface area (Å²) in [6, 6.07) is 18.4. The first kappa shape index (κ1) is 15.9. The van der Waals surface area contributed by atoms with Gasteiger partial charge in [-0.2, -0.15) is 5.10 Å². The molecule has 1 atom stereocenters. The summed E-state index contributed by atoms with van der Waals surface area (Å²) in [6.07, 6.45) is -0.270. The van der Waals surface area contributed by atoms with Gasteiger partial charge in [0.2, 0.25) is 0 Å². The third-order valence-electron chi connectivity index (χ3n) is 5.36. The molecule has 2 heterocycles. The molecular formula is C23H21N3O. The fraction of sp³-hybridized carbons (Fsp3) is 0.174. The number of aromatic hydroxyl groups is 1. The molecule has 1 unspecified atom stereocenters. The Morgan fingerprint density at radius 3 is 2.67 bits per heavy atom. The van der Waals surface area contributed by atoms with Crippen molar-refractivity contribution < 1.29 is 5.11 Å². The highest BCUT2D eigenvalue weighted by atomic mass is 16.3. The van der Waals surface area contributed by atoms with Crippen LogP contribution in [0.3, 0.4) is 0 Å². The highest BCUT2D eigenvalue weighted by Gasteiger charge is 2.30. The average molecular weight is 355 g/mol. The molecule has 0 amide bonds. The Kier molecular flexibility index (Phi) is 3.31. The highest BCUT2D eigenvalue weighted by molar-refractivity contribution is 5.90. The van der Waals surface area contributed by atoms with Crippen LogP contribution in [0.25, 0.3) is 22.0 Å². The quantitative estimate of drug-likeness (QED) is 0.487. The Bertz CT molecular complexity index is 1210. The molecule has 4 heteroatoms. The molecule has 134 valence electrons. The monoisotopic (exact) mass is 355 g/mol. The minimum atomic E-state index is -0.270. The molecule has 0 radical (unpaired) electrons.